The fraction of sp³-hybridized carbons (Fsp3) is 0.741. The molecule has 3 aliphatic heterocycles. The van der Waals surface area contributed by atoms with Crippen molar-refractivity contribution in [3.05, 3.63) is 30.1 Å². The van der Waals surface area contributed by atoms with Gasteiger partial charge < -0.3 is 9.88 Å². The van der Waals surface area contributed by atoms with E-state index in [1.165, 1.54) is 107 Å². The van der Waals surface area contributed by atoms with Crippen LogP contribution in [-0.2, 0) is 0 Å². The highest BCUT2D eigenvalue weighted by atomic mass is 15.3. The van der Waals surface area contributed by atoms with Crippen LogP contribution in [-0.4, -0.2) is 45.7 Å². The van der Waals surface area contributed by atoms with Crippen LogP contribution in [0.3, 0.4) is 0 Å². The number of benzene rings is 1. The van der Waals surface area contributed by atoms with Gasteiger partial charge in [-0.05, 0) is 70.0 Å². The number of rotatable bonds is 3. The zero-order valence-corrected chi connectivity index (χ0v) is 19.1. The van der Waals surface area contributed by atoms with E-state index in [2.05, 4.69) is 39.0 Å². The summed E-state index contributed by atoms with van der Waals surface area (Å²) in [7, 11) is 0. The first kappa shape index (κ1) is 20.2. The van der Waals surface area contributed by atoms with Crippen LogP contribution in [0.5, 0.6) is 0 Å². The Hall–Kier alpha value is -1.39. The lowest BCUT2D eigenvalue weighted by atomic mass is 9.89. The number of hydrogen-bond acceptors (Lipinski definition) is 3. The van der Waals surface area contributed by atoms with Crippen molar-refractivity contribution < 1.29 is 0 Å². The van der Waals surface area contributed by atoms with E-state index in [4.69, 9.17) is 4.98 Å². The summed E-state index contributed by atoms with van der Waals surface area (Å²) in [5, 5.41) is 3.64. The summed E-state index contributed by atoms with van der Waals surface area (Å²) in [4.78, 5) is 8.25. The zero-order chi connectivity index (χ0) is 20.6. The number of hydrogen-bond donors (Lipinski definition) is 1. The molecule has 6 rings (SSSR count). The molecule has 4 fully saturated rings. The molecule has 0 radical (unpaired) electrons. The second kappa shape index (κ2) is 8.86. The van der Waals surface area contributed by atoms with Crippen molar-refractivity contribution in [3.63, 3.8) is 0 Å². The smallest absolute Gasteiger partial charge is 0.114 e. The molecule has 168 valence electrons. The molecular weight excluding hydrogens is 380 g/mol. The van der Waals surface area contributed by atoms with Gasteiger partial charge in [-0.1, -0.05) is 44.2 Å². The third-order valence-corrected chi connectivity index (χ3v) is 8.91. The Balaban J connectivity index is 1.29. The molecule has 3 unspecified atom stereocenters. The van der Waals surface area contributed by atoms with Gasteiger partial charge in [-0.3, -0.25) is 4.90 Å². The van der Waals surface area contributed by atoms with E-state index >= 15 is 0 Å². The molecule has 1 saturated carbocycles. The standard InChI is InChI=1S/C27H40N4/c1-2-4-10-21(11-5-3-1)30-22-14-15-23(30)18-24(17-22)31-26-13-7-6-12-25(26)29-27(31)20-9-8-16-28-19-20/h6-7,12-13,20-24,28H,1-5,8-11,14-19H2. The number of aromatic nitrogens is 2. The highest BCUT2D eigenvalue weighted by Gasteiger charge is 2.45. The summed E-state index contributed by atoms with van der Waals surface area (Å²) in [6, 6.07) is 12.0. The number of para-hydroxylation sites is 2. The molecule has 2 aromatic rings. The molecule has 0 spiro atoms. The molecule has 1 aromatic carbocycles. The van der Waals surface area contributed by atoms with Crippen molar-refractivity contribution in [2.24, 2.45) is 0 Å². The number of nitrogens with zero attached hydrogens (tertiary/aromatic N) is 3. The summed E-state index contributed by atoms with van der Waals surface area (Å²) in [6.45, 7) is 2.26. The number of piperidine rings is 2. The van der Waals surface area contributed by atoms with Crippen LogP contribution in [0, 0.1) is 0 Å². The third-order valence-electron chi connectivity index (χ3n) is 8.91. The van der Waals surface area contributed by atoms with Gasteiger partial charge in [-0.2, -0.15) is 0 Å². The topological polar surface area (TPSA) is 33.1 Å². The van der Waals surface area contributed by atoms with Crippen LogP contribution in [0.25, 0.3) is 11.0 Å². The average Bonchev–Trinajstić information content (AvgIpc) is 3.29. The third kappa shape index (κ3) is 3.84. The van der Waals surface area contributed by atoms with E-state index in [0.29, 0.717) is 12.0 Å². The summed E-state index contributed by atoms with van der Waals surface area (Å²) < 4.78 is 2.72. The minimum absolute atomic E-state index is 0.572. The van der Waals surface area contributed by atoms with Crippen molar-refractivity contribution in [3.8, 4) is 0 Å². The fourth-order valence-corrected chi connectivity index (χ4v) is 7.53. The molecule has 4 heteroatoms. The van der Waals surface area contributed by atoms with Gasteiger partial charge >= 0.3 is 0 Å². The van der Waals surface area contributed by atoms with E-state index in [-0.39, 0.29) is 0 Å². The monoisotopic (exact) mass is 420 g/mol. The lowest BCUT2D eigenvalue weighted by molar-refractivity contribution is 0.0495. The van der Waals surface area contributed by atoms with Crippen LogP contribution >= 0.6 is 0 Å². The number of imidazole rings is 1. The van der Waals surface area contributed by atoms with Gasteiger partial charge in [0.25, 0.3) is 0 Å². The first-order valence-corrected chi connectivity index (χ1v) is 13.3. The number of fused-ring (bicyclic) bond motifs is 3. The maximum atomic E-state index is 5.22. The van der Waals surface area contributed by atoms with Crippen molar-refractivity contribution in [2.75, 3.05) is 13.1 Å². The first-order chi connectivity index (χ1) is 15.4. The molecule has 1 aliphatic carbocycles. The van der Waals surface area contributed by atoms with E-state index in [1.54, 1.807) is 0 Å². The van der Waals surface area contributed by atoms with Crippen molar-refractivity contribution in [2.45, 2.75) is 114 Å². The van der Waals surface area contributed by atoms with Crippen molar-refractivity contribution in [1.82, 2.24) is 19.8 Å². The predicted octanol–water partition coefficient (Wildman–Crippen LogP) is 5.78. The van der Waals surface area contributed by atoms with Crippen molar-refractivity contribution in [1.29, 1.82) is 0 Å². The Labute approximate surface area is 187 Å². The Bertz CT molecular complexity index is 860. The Morgan fingerprint density at radius 3 is 2.23 bits per heavy atom. The van der Waals surface area contributed by atoms with Gasteiger partial charge in [-0.15, -0.1) is 0 Å². The summed E-state index contributed by atoms with van der Waals surface area (Å²) in [5.74, 6) is 1.94. The van der Waals surface area contributed by atoms with Gasteiger partial charge in [0.2, 0.25) is 0 Å². The number of nitrogens with one attached hydrogen (secondary N) is 1. The minimum atomic E-state index is 0.572. The van der Waals surface area contributed by atoms with E-state index in [0.717, 1.165) is 24.7 Å². The molecule has 4 heterocycles. The molecule has 3 saturated heterocycles. The second-order valence-corrected chi connectivity index (χ2v) is 10.8. The zero-order valence-electron chi connectivity index (χ0n) is 19.1. The van der Waals surface area contributed by atoms with Gasteiger partial charge in [0, 0.05) is 36.6 Å². The molecule has 1 N–H and O–H groups in total. The quantitative estimate of drug-likeness (QED) is 0.683. The summed E-state index contributed by atoms with van der Waals surface area (Å²) in [6.07, 6.45) is 18.3. The van der Waals surface area contributed by atoms with Crippen LogP contribution in [0.4, 0.5) is 0 Å². The van der Waals surface area contributed by atoms with Gasteiger partial charge in [-0.25, -0.2) is 4.98 Å². The molecule has 2 bridgehead atoms. The van der Waals surface area contributed by atoms with Crippen LogP contribution < -0.4 is 5.32 Å². The Kier molecular flexibility index (Phi) is 5.78. The maximum Gasteiger partial charge on any atom is 0.114 e. The van der Waals surface area contributed by atoms with Crippen molar-refractivity contribution >= 4 is 11.0 Å². The maximum absolute atomic E-state index is 5.22. The van der Waals surface area contributed by atoms with Crippen LogP contribution in [0.2, 0.25) is 0 Å². The Morgan fingerprint density at radius 1 is 0.742 bits per heavy atom. The largest absolute Gasteiger partial charge is 0.324 e. The molecule has 0 amide bonds. The highest BCUT2D eigenvalue weighted by molar-refractivity contribution is 5.76. The normalized spacial score (nSPS) is 33.4. The predicted molar refractivity (Wildman–Crippen MR) is 128 cm³/mol. The van der Waals surface area contributed by atoms with Gasteiger partial charge in [0.1, 0.15) is 5.82 Å². The SMILES string of the molecule is c1ccc2c(c1)nc(C1CCCNC1)n2C1CC2CCC(C1)N2C1CCCCCCC1. The summed E-state index contributed by atoms with van der Waals surface area (Å²) in [5.41, 5.74) is 2.59. The lowest BCUT2D eigenvalue weighted by Gasteiger charge is -2.45. The molecule has 1 aromatic heterocycles. The van der Waals surface area contributed by atoms with E-state index < -0.39 is 0 Å². The fourth-order valence-electron chi connectivity index (χ4n) is 7.53. The molecule has 31 heavy (non-hydrogen) atoms. The molecule has 3 atom stereocenters. The van der Waals surface area contributed by atoms with Gasteiger partial charge in [0.05, 0.1) is 11.0 Å². The van der Waals surface area contributed by atoms with Crippen LogP contribution in [0.15, 0.2) is 24.3 Å². The Morgan fingerprint density at radius 2 is 1.48 bits per heavy atom. The van der Waals surface area contributed by atoms with E-state index in [1.807, 2.05) is 0 Å². The second-order valence-electron chi connectivity index (χ2n) is 10.8. The lowest BCUT2D eigenvalue weighted by Crippen LogP contribution is -2.49. The summed E-state index contributed by atoms with van der Waals surface area (Å²) >= 11 is 0. The van der Waals surface area contributed by atoms with Gasteiger partial charge in [0.15, 0.2) is 0 Å². The average molecular weight is 421 g/mol. The minimum Gasteiger partial charge on any atom is -0.324 e. The van der Waals surface area contributed by atoms with Crippen LogP contribution in [0.1, 0.15) is 101 Å². The molecular formula is C27H40N4. The first-order valence-electron chi connectivity index (χ1n) is 13.3. The molecule has 4 aliphatic rings. The van der Waals surface area contributed by atoms with E-state index in [9.17, 15) is 0 Å². The highest BCUT2D eigenvalue weighted by Crippen LogP contribution is 2.45. The molecule has 4 nitrogen and oxygen atoms in total.